The number of hydrogen-bond acceptors (Lipinski definition) is 5. The highest BCUT2D eigenvalue weighted by molar-refractivity contribution is 7.91. The second kappa shape index (κ2) is 3.78. The van der Waals surface area contributed by atoms with E-state index in [2.05, 4.69) is 18.8 Å². The summed E-state index contributed by atoms with van der Waals surface area (Å²) in [5, 5.41) is 2.73. The lowest BCUT2D eigenvalue weighted by Gasteiger charge is -2.18. The smallest absolute Gasteiger partial charge is 0.152 e. The molecule has 1 fully saturated rings. The summed E-state index contributed by atoms with van der Waals surface area (Å²) in [6.45, 7) is 4.13. The van der Waals surface area contributed by atoms with Crippen molar-refractivity contribution < 1.29 is 8.42 Å². The third kappa shape index (κ3) is 2.14. The fraction of sp³-hybridized carbons (Fsp3) is 0.700. The van der Waals surface area contributed by atoms with Crippen LogP contribution < -0.4 is 5.73 Å². The summed E-state index contributed by atoms with van der Waals surface area (Å²) in [5.41, 5.74) is 6.38. The summed E-state index contributed by atoms with van der Waals surface area (Å²) >= 11 is 1.47. The van der Waals surface area contributed by atoms with Crippen molar-refractivity contribution in [3.05, 3.63) is 16.1 Å². The third-order valence-electron chi connectivity index (χ3n) is 2.88. The van der Waals surface area contributed by atoms with Crippen LogP contribution in [0.5, 0.6) is 0 Å². The third-order valence-corrected chi connectivity index (χ3v) is 5.74. The Morgan fingerprint density at radius 1 is 1.56 bits per heavy atom. The lowest BCUT2D eigenvalue weighted by molar-refractivity contribution is 0.501. The minimum Gasteiger partial charge on any atom is -0.319 e. The van der Waals surface area contributed by atoms with E-state index in [0.29, 0.717) is 12.3 Å². The number of sulfone groups is 1. The quantitative estimate of drug-likeness (QED) is 0.868. The molecular formula is C10H16N2O2S2. The van der Waals surface area contributed by atoms with E-state index in [1.807, 2.05) is 5.38 Å². The summed E-state index contributed by atoms with van der Waals surface area (Å²) < 4.78 is 22.9. The van der Waals surface area contributed by atoms with Crippen LogP contribution in [0.15, 0.2) is 5.38 Å². The molecule has 1 aromatic rings. The van der Waals surface area contributed by atoms with Gasteiger partial charge in [-0.3, -0.25) is 0 Å². The van der Waals surface area contributed by atoms with E-state index in [1.165, 1.54) is 11.3 Å². The Morgan fingerprint density at radius 3 is 2.69 bits per heavy atom. The van der Waals surface area contributed by atoms with Crippen molar-refractivity contribution in [2.75, 3.05) is 11.5 Å². The Balaban J connectivity index is 2.31. The van der Waals surface area contributed by atoms with Crippen LogP contribution in [0, 0.1) is 0 Å². The Morgan fingerprint density at radius 2 is 2.25 bits per heavy atom. The molecular weight excluding hydrogens is 244 g/mol. The Bertz CT molecular complexity index is 493. The molecule has 2 N–H and O–H groups in total. The van der Waals surface area contributed by atoms with Crippen LogP contribution in [-0.4, -0.2) is 24.9 Å². The molecule has 0 aliphatic carbocycles. The number of hydrogen-bond donors (Lipinski definition) is 1. The highest BCUT2D eigenvalue weighted by atomic mass is 32.2. The summed E-state index contributed by atoms with van der Waals surface area (Å²) in [6.07, 6.45) is 0.486. The molecule has 90 valence electrons. The molecule has 1 aromatic heterocycles. The first-order valence-electron chi connectivity index (χ1n) is 5.28. The standard InChI is InChI=1S/C10H16N2O2S2/c1-7(2)8-5-15-9(12-8)10(11)3-4-16(13,14)6-10/h5,7H,3-4,6,11H2,1-2H3. The van der Waals surface area contributed by atoms with Gasteiger partial charge >= 0.3 is 0 Å². The van der Waals surface area contributed by atoms with Gasteiger partial charge in [0.05, 0.1) is 22.7 Å². The van der Waals surface area contributed by atoms with E-state index in [0.717, 1.165) is 10.7 Å². The van der Waals surface area contributed by atoms with E-state index in [1.54, 1.807) is 0 Å². The number of nitrogens with two attached hydrogens (primary N) is 1. The van der Waals surface area contributed by atoms with Crippen molar-refractivity contribution >= 4 is 21.2 Å². The van der Waals surface area contributed by atoms with Crippen LogP contribution in [0.3, 0.4) is 0 Å². The molecule has 0 aromatic carbocycles. The molecule has 6 heteroatoms. The minimum absolute atomic E-state index is 0.0328. The number of rotatable bonds is 2. The lowest BCUT2D eigenvalue weighted by Crippen LogP contribution is -2.37. The fourth-order valence-corrected chi connectivity index (χ4v) is 4.92. The lowest BCUT2D eigenvalue weighted by atomic mass is 10.0. The maximum Gasteiger partial charge on any atom is 0.152 e. The molecule has 1 aliphatic rings. The van der Waals surface area contributed by atoms with E-state index in [9.17, 15) is 8.42 Å². The first-order chi connectivity index (χ1) is 7.32. The second-order valence-corrected chi connectivity index (χ2v) is 7.77. The van der Waals surface area contributed by atoms with Gasteiger partial charge in [0, 0.05) is 5.38 Å². The maximum atomic E-state index is 11.5. The molecule has 0 amide bonds. The van der Waals surface area contributed by atoms with Gasteiger partial charge in [-0.25, -0.2) is 13.4 Å². The van der Waals surface area contributed by atoms with Crippen molar-refractivity contribution in [2.45, 2.75) is 31.7 Å². The Kier molecular flexibility index (Phi) is 2.84. The van der Waals surface area contributed by atoms with Gasteiger partial charge in [0.15, 0.2) is 9.84 Å². The Hall–Kier alpha value is -0.460. The first-order valence-corrected chi connectivity index (χ1v) is 7.98. The molecule has 0 spiro atoms. The zero-order valence-electron chi connectivity index (χ0n) is 9.43. The van der Waals surface area contributed by atoms with Gasteiger partial charge in [0.2, 0.25) is 0 Å². The molecule has 0 saturated carbocycles. The van der Waals surface area contributed by atoms with Crippen molar-refractivity contribution in [2.24, 2.45) is 5.73 Å². The maximum absolute atomic E-state index is 11.5. The van der Waals surface area contributed by atoms with Crippen LogP contribution in [0.4, 0.5) is 0 Å². The minimum atomic E-state index is -2.97. The molecule has 1 saturated heterocycles. The largest absolute Gasteiger partial charge is 0.319 e. The van der Waals surface area contributed by atoms with Gasteiger partial charge in [0.25, 0.3) is 0 Å². The molecule has 1 aliphatic heterocycles. The van der Waals surface area contributed by atoms with Crippen molar-refractivity contribution in [1.29, 1.82) is 0 Å². The topological polar surface area (TPSA) is 73.1 Å². The molecule has 2 heterocycles. The predicted molar refractivity (Wildman–Crippen MR) is 65.3 cm³/mol. The average Bonchev–Trinajstić information content (AvgIpc) is 2.71. The predicted octanol–water partition coefficient (Wildman–Crippen LogP) is 1.24. The molecule has 0 bridgehead atoms. The zero-order chi connectivity index (χ0) is 12.0. The van der Waals surface area contributed by atoms with E-state index in [4.69, 9.17) is 5.73 Å². The molecule has 1 unspecified atom stereocenters. The van der Waals surface area contributed by atoms with Crippen molar-refractivity contribution in [3.63, 3.8) is 0 Å². The highest BCUT2D eigenvalue weighted by Crippen LogP contribution is 2.34. The van der Waals surface area contributed by atoms with Crippen LogP contribution in [0.2, 0.25) is 0 Å². The fourth-order valence-electron chi connectivity index (χ4n) is 1.82. The van der Waals surface area contributed by atoms with Gasteiger partial charge in [-0.1, -0.05) is 13.8 Å². The van der Waals surface area contributed by atoms with Crippen LogP contribution >= 0.6 is 11.3 Å². The molecule has 2 rings (SSSR count). The number of aromatic nitrogens is 1. The summed E-state index contributed by atoms with van der Waals surface area (Å²) in [5.74, 6) is 0.567. The van der Waals surface area contributed by atoms with E-state index in [-0.39, 0.29) is 11.5 Å². The van der Waals surface area contributed by atoms with Crippen LogP contribution in [0.1, 0.15) is 36.9 Å². The summed E-state index contributed by atoms with van der Waals surface area (Å²) in [4.78, 5) is 4.46. The summed E-state index contributed by atoms with van der Waals surface area (Å²) in [7, 11) is -2.97. The first kappa shape index (κ1) is 12.0. The van der Waals surface area contributed by atoms with Gasteiger partial charge in [-0.2, -0.15) is 0 Å². The SMILES string of the molecule is CC(C)c1csc(C2(N)CCS(=O)(=O)C2)n1. The molecule has 0 radical (unpaired) electrons. The van der Waals surface area contributed by atoms with Gasteiger partial charge in [-0.05, 0) is 12.3 Å². The normalized spacial score (nSPS) is 28.8. The van der Waals surface area contributed by atoms with E-state index < -0.39 is 15.4 Å². The monoisotopic (exact) mass is 260 g/mol. The average molecular weight is 260 g/mol. The second-order valence-electron chi connectivity index (χ2n) is 4.73. The highest BCUT2D eigenvalue weighted by Gasteiger charge is 2.42. The van der Waals surface area contributed by atoms with Crippen LogP contribution in [-0.2, 0) is 15.4 Å². The summed E-state index contributed by atoms with van der Waals surface area (Å²) in [6, 6.07) is 0. The number of nitrogens with zero attached hydrogens (tertiary/aromatic N) is 1. The van der Waals surface area contributed by atoms with Gasteiger partial charge in [0.1, 0.15) is 5.01 Å². The van der Waals surface area contributed by atoms with E-state index >= 15 is 0 Å². The van der Waals surface area contributed by atoms with Gasteiger partial charge in [-0.15, -0.1) is 11.3 Å². The number of thiazole rings is 1. The molecule has 16 heavy (non-hydrogen) atoms. The van der Waals surface area contributed by atoms with Crippen LogP contribution in [0.25, 0.3) is 0 Å². The van der Waals surface area contributed by atoms with Crippen molar-refractivity contribution in [1.82, 2.24) is 4.98 Å². The zero-order valence-corrected chi connectivity index (χ0v) is 11.1. The van der Waals surface area contributed by atoms with Crippen molar-refractivity contribution in [3.8, 4) is 0 Å². The van der Waals surface area contributed by atoms with Gasteiger partial charge < -0.3 is 5.73 Å². The molecule has 4 nitrogen and oxygen atoms in total. The molecule has 1 atom stereocenters. The Labute approximate surface area is 99.8 Å².